The summed E-state index contributed by atoms with van der Waals surface area (Å²) in [5.41, 5.74) is 3.01. The van der Waals surface area contributed by atoms with Crippen LogP contribution in [0.15, 0.2) is 18.2 Å². The molecule has 0 radical (unpaired) electrons. The Labute approximate surface area is 104 Å². The summed E-state index contributed by atoms with van der Waals surface area (Å²) in [5, 5.41) is 0. The third kappa shape index (κ3) is 1.66. The van der Waals surface area contributed by atoms with Crippen LogP contribution < -0.4 is 4.74 Å². The predicted molar refractivity (Wildman–Crippen MR) is 69.7 cm³/mol. The van der Waals surface area contributed by atoms with Crippen LogP contribution in [0.4, 0.5) is 0 Å². The average molecular weight is 231 g/mol. The molecule has 1 aromatic carbocycles. The van der Waals surface area contributed by atoms with Crippen LogP contribution in [0.1, 0.15) is 36.8 Å². The summed E-state index contributed by atoms with van der Waals surface area (Å²) in [6.07, 6.45) is 3.81. The van der Waals surface area contributed by atoms with Crippen molar-refractivity contribution < 1.29 is 4.74 Å². The van der Waals surface area contributed by atoms with E-state index in [0.717, 1.165) is 17.7 Å². The van der Waals surface area contributed by atoms with Gasteiger partial charge in [-0.25, -0.2) is 0 Å². The number of benzene rings is 1. The molecule has 2 heteroatoms. The standard InChI is InChI=1S/C15H21NO/c1-3-9-16-10-12-13(16)8-7-11-5-4-6-14(17-2)15(11)12/h4-6,12-13H,3,7-10H2,1-2H3. The number of fused-ring (bicyclic) bond motifs is 3. The SMILES string of the molecule is CCCN1CC2c3c(cccc3OC)CCC21. The van der Waals surface area contributed by atoms with Crippen molar-refractivity contribution in [3.05, 3.63) is 29.3 Å². The van der Waals surface area contributed by atoms with Crippen LogP contribution >= 0.6 is 0 Å². The number of aryl methyl sites for hydroxylation is 1. The Hall–Kier alpha value is -1.02. The maximum Gasteiger partial charge on any atom is 0.122 e. The highest BCUT2D eigenvalue weighted by Crippen LogP contribution is 2.46. The molecule has 1 aromatic rings. The van der Waals surface area contributed by atoms with Crippen molar-refractivity contribution in [3.63, 3.8) is 0 Å². The minimum absolute atomic E-state index is 0.724. The maximum atomic E-state index is 5.54. The fourth-order valence-corrected chi connectivity index (χ4v) is 3.55. The average Bonchev–Trinajstić information content (AvgIpc) is 2.34. The van der Waals surface area contributed by atoms with Gasteiger partial charge in [-0.05, 0) is 37.4 Å². The molecular weight excluding hydrogens is 210 g/mol. The first-order valence-corrected chi connectivity index (χ1v) is 6.75. The third-order valence-corrected chi connectivity index (χ3v) is 4.33. The number of methoxy groups -OCH3 is 1. The minimum Gasteiger partial charge on any atom is -0.496 e. The van der Waals surface area contributed by atoms with Crippen molar-refractivity contribution in [2.75, 3.05) is 20.2 Å². The quantitative estimate of drug-likeness (QED) is 0.793. The van der Waals surface area contributed by atoms with Gasteiger partial charge in [0.25, 0.3) is 0 Å². The van der Waals surface area contributed by atoms with Crippen molar-refractivity contribution in [1.29, 1.82) is 0 Å². The van der Waals surface area contributed by atoms with E-state index in [1.165, 1.54) is 43.5 Å². The zero-order valence-electron chi connectivity index (χ0n) is 10.8. The highest BCUT2D eigenvalue weighted by atomic mass is 16.5. The molecule has 0 amide bonds. The van der Waals surface area contributed by atoms with E-state index in [1.54, 1.807) is 7.11 Å². The second kappa shape index (κ2) is 4.34. The zero-order chi connectivity index (χ0) is 11.8. The second-order valence-electron chi connectivity index (χ2n) is 5.24. The first-order chi connectivity index (χ1) is 8.35. The van der Waals surface area contributed by atoms with Crippen LogP contribution in [0.2, 0.25) is 0 Å². The maximum absolute atomic E-state index is 5.54. The van der Waals surface area contributed by atoms with Crippen LogP contribution in [-0.2, 0) is 6.42 Å². The van der Waals surface area contributed by atoms with Crippen LogP contribution in [0.3, 0.4) is 0 Å². The number of ether oxygens (including phenoxy) is 1. The molecule has 2 unspecified atom stereocenters. The van der Waals surface area contributed by atoms with Gasteiger partial charge in [0.1, 0.15) is 5.75 Å². The molecule has 1 fully saturated rings. The lowest BCUT2D eigenvalue weighted by Crippen LogP contribution is -2.56. The summed E-state index contributed by atoms with van der Waals surface area (Å²) < 4.78 is 5.54. The van der Waals surface area contributed by atoms with E-state index in [-0.39, 0.29) is 0 Å². The van der Waals surface area contributed by atoms with E-state index in [1.807, 2.05) is 0 Å². The van der Waals surface area contributed by atoms with Gasteiger partial charge in [-0.3, -0.25) is 4.90 Å². The number of rotatable bonds is 3. The highest BCUT2D eigenvalue weighted by molar-refractivity contribution is 5.47. The Morgan fingerprint density at radius 2 is 2.29 bits per heavy atom. The number of likely N-dealkylation sites (tertiary alicyclic amines) is 1. The Morgan fingerprint density at radius 3 is 3.06 bits per heavy atom. The largest absolute Gasteiger partial charge is 0.496 e. The third-order valence-electron chi connectivity index (χ3n) is 4.33. The first kappa shape index (κ1) is 11.1. The van der Waals surface area contributed by atoms with E-state index >= 15 is 0 Å². The summed E-state index contributed by atoms with van der Waals surface area (Å²) in [6.45, 7) is 4.75. The van der Waals surface area contributed by atoms with Gasteiger partial charge in [-0.1, -0.05) is 19.1 Å². The molecule has 0 saturated carbocycles. The molecule has 1 heterocycles. The van der Waals surface area contributed by atoms with Gasteiger partial charge in [0.15, 0.2) is 0 Å². The van der Waals surface area contributed by atoms with Gasteiger partial charge in [0.2, 0.25) is 0 Å². The van der Waals surface area contributed by atoms with Crippen molar-refractivity contribution in [1.82, 2.24) is 4.90 Å². The van der Waals surface area contributed by atoms with E-state index in [0.29, 0.717) is 0 Å². The lowest BCUT2D eigenvalue weighted by molar-refractivity contribution is 0.0453. The Kier molecular flexibility index (Phi) is 2.83. The highest BCUT2D eigenvalue weighted by Gasteiger charge is 2.43. The number of nitrogens with zero attached hydrogens (tertiary/aromatic N) is 1. The molecule has 17 heavy (non-hydrogen) atoms. The van der Waals surface area contributed by atoms with Gasteiger partial charge in [-0.2, -0.15) is 0 Å². The van der Waals surface area contributed by atoms with Crippen LogP contribution in [0.5, 0.6) is 5.75 Å². The van der Waals surface area contributed by atoms with Gasteiger partial charge >= 0.3 is 0 Å². The summed E-state index contributed by atoms with van der Waals surface area (Å²) in [7, 11) is 1.79. The summed E-state index contributed by atoms with van der Waals surface area (Å²) in [5.74, 6) is 1.83. The van der Waals surface area contributed by atoms with Crippen molar-refractivity contribution in [2.24, 2.45) is 0 Å². The Bertz CT molecular complexity index is 401. The van der Waals surface area contributed by atoms with E-state index < -0.39 is 0 Å². The topological polar surface area (TPSA) is 12.5 Å². The molecule has 2 aliphatic rings. The van der Waals surface area contributed by atoms with Crippen LogP contribution in [0, 0.1) is 0 Å². The smallest absolute Gasteiger partial charge is 0.122 e. The molecule has 0 bridgehead atoms. The van der Waals surface area contributed by atoms with E-state index in [9.17, 15) is 0 Å². The summed E-state index contributed by atoms with van der Waals surface area (Å²) >= 11 is 0. The molecule has 92 valence electrons. The van der Waals surface area contributed by atoms with Crippen LogP contribution in [-0.4, -0.2) is 31.1 Å². The molecule has 1 aliphatic carbocycles. The molecule has 0 spiro atoms. The Morgan fingerprint density at radius 1 is 1.41 bits per heavy atom. The summed E-state index contributed by atoms with van der Waals surface area (Å²) in [6, 6.07) is 7.29. The molecular formula is C15H21NO. The molecule has 0 N–H and O–H groups in total. The lowest BCUT2D eigenvalue weighted by Gasteiger charge is -2.52. The van der Waals surface area contributed by atoms with Gasteiger partial charge in [-0.15, -0.1) is 0 Å². The van der Waals surface area contributed by atoms with Gasteiger partial charge in [0.05, 0.1) is 7.11 Å². The van der Waals surface area contributed by atoms with E-state index in [4.69, 9.17) is 4.74 Å². The van der Waals surface area contributed by atoms with Gasteiger partial charge < -0.3 is 4.74 Å². The predicted octanol–water partition coefficient (Wildman–Crippen LogP) is 2.82. The van der Waals surface area contributed by atoms with Crippen molar-refractivity contribution in [3.8, 4) is 5.75 Å². The second-order valence-corrected chi connectivity index (χ2v) is 5.24. The molecule has 0 aromatic heterocycles. The molecule has 1 saturated heterocycles. The number of hydrogen-bond donors (Lipinski definition) is 0. The molecule has 2 nitrogen and oxygen atoms in total. The van der Waals surface area contributed by atoms with Crippen LogP contribution in [0.25, 0.3) is 0 Å². The van der Waals surface area contributed by atoms with Crippen molar-refractivity contribution >= 4 is 0 Å². The normalized spacial score (nSPS) is 26.9. The van der Waals surface area contributed by atoms with Gasteiger partial charge in [0, 0.05) is 24.1 Å². The molecule has 1 aliphatic heterocycles. The molecule has 3 rings (SSSR count). The van der Waals surface area contributed by atoms with Crippen molar-refractivity contribution in [2.45, 2.75) is 38.1 Å². The monoisotopic (exact) mass is 231 g/mol. The lowest BCUT2D eigenvalue weighted by atomic mass is 9.72. The zero-order valence-corrected chi connectivity index (χ0v) is 10.8. The fraction of sp³-hybridized carbons (Fsp3) is 0.600. The fourth-order valence-electron chi connectivity index (χ4n) is 3.55. The first-order valence-electron chi connectivity index (χ1n) is 6.75. The van der Waals surface area contributed by atoms with E-state index in [2.05, 4.69) is 30.0 Å². The molecule has 2 atom stereocenters. The summed E-state index contributed by atoms with van der Waals surface area (Å²) in [4.78, 5) is 2.64. The number of hydrogen-bond acceptors (Lipinski definition) is 2. The minimum atomic E-state index is 0.724. The Balaban J connectivity index is 1.89.